The number of rotatable bonds is 3. The molecule has 0 atom stereocenters. The van der Waals surface area contributed by atoms with Crippen molar-refractivity contribution in [3.05, 3.63) is 41.0 Å². The van der Waals surface area contributed by atoms with Gasteiger partial charge in [0.05, 0.1) is 16.7 Å². The zero-order chi connectivity index (χ0) is 14.1. The molecule has 1 aromatic carbocycles. The minimum atomic E-state index is 0.652. The molecule has 2 heterocycles. The van der Waals surface area contributed by atoms with Gasteiger partial charge >= 0.3 is 0 Å². The Bertz CT molecular complexity index is 764. The van der Waals surface area contributed by atoms with Gasteiger partial charge in [-0.05, 0) is 36.8 Å². The Morgan fingerprint density at radius 3 is 2.90 bits per heavy atom. The molecule has 2 aromatic heterocycles. The van der Waals surface area contributed by atoms with Crippen LogP contribution in [0, 0.1) is 0 Å². The first kappa shape index (κ1) is 13.1. The summed E-state index contributed by atoms with van der Waals surface area (Å²) in [6.07, 6.45) is 2.78. The Morgan fingerprint density at radius 1 is 1.30 bits per heavy atom. The molecule has 0 saturated carbocycles. The summed E-state index contributed by atoms with van der Waals surface area (Å²) in [6.45, 7) is 3.04. The third-order valence-electron chi connectivity index (χ3n) is 3.21. The smallest absolute Gasteiger partial charge is 0.161 e. The van der Waals surface area contributed by atoms with Crippen molar-refractivity contribution in [1.29, 1.82) is 0 Å². The predicted molar refractivity (Wildman–Crippen MR) is 85.4 cm³/mol. The van der Waals surface area contributed by atoms with E-state index in [0.717, 1.165) is 40.0 Å². The van der Waals surface area contributed by atoms with Crippen LogP contribution in [0.25, 0.3) is 22.6 Å². The van der Waals surface area contributed by atoms with E-state index >= 15 is 0 Å². The van der Waals surface area contributed by atoms with Crippen molar-refractivity contribution in [2.75, 3.05) is 5.73 Å². The number of fused-ring (bicyclic) bond motifs is 1. The Balaban J connectivity index is 2.29. The summed E-state index contributed by atoms with van der Waals surface area (Å²) in [5.74, 6) is 0.832. The van der Waals surface area contributed by atoms with Gasteiger partial charge in [0, 0.05) is 17.2 Å². The molecule has 0 unspecified atom stereocenters. The molecule has 0 radical (unpaired) electrons. The first-order valence-electron chi connectivity index (χ1n) is 6.57. The van der Waals surface area contributed by atoms with Gasteiger partial charge in [0.2, 0.25) is 0 Å². The first-order valence-corrected chi connectivity index (χ1v) is 7.36. The maximum absolute atomic E-state index is 6.04. The number of hydrogen-bond acceptors (Lipinski definition) is 3. The summed E-state index contributed by atoms with van der Waals surface area (Å²) >= 11 is 3.49. The van der Waals surface area contributed by atoms with Crippen molar-refractivity contribution in [2.45, 2.75) is 19.9 Å². The van der Waals surface area contributed by atoms with E-state index in [4.69, 9.17) is 10.7 Å². The molecule has 0 aliphatic carbocycles. The number of aromatic nitrogens is 3. The fourth-order valence-corrected chi connectivity index (χ4v) is 2.69. The number of nitrogens with zero attached hydrogens (tertiary/aromatic N) is 3. The van der Waals surface area contributed by atoms with Gasteiger partial charge in [0.1, 0.15) is 5.69 Å². The summed E-state index contributed by atoms with van der Waals surface area (Å²) in [7, 11) is 0. The second-order valence-corrected chi connectivity index (χ2v) is 5.58. The van der Waals surface area contributed by atoms with Gasteiger partial charge in [-0.3, -0.25) is 4.98 Å². The molecular weight excluding hydrogens is 316 g/mol. The average Bonchev–Trinajstić information content (AvgIpc) is 2.77. The highest BCUT2D eigenvalue weighted by atomic mass is 79.9. The number of aryl methyl sites for hydroxylation is 1. The minimum Gasteiger partial charge on any atom is -0.397 e. The molecule has 3 aromatic rings. The average molecular weight is 331 g/mol. The lowest BCUT2D eigenvalue weighted by molar-refractivity contribution is 0.703. The lowest BCUT2D eigenvalue weighted by Gasteiger charge is -2.08. The Hall–Kier alpha value is -1.88. The summed E-state index contributed by atoms with van der Waals surface area (Å²) in [6, 6.07) is 9.81. The van der Waals surface area contributed by atoms with E-state index < -0.39 is 0 Å². The Morgan fingerprint density at radius 2 is 2.15 bits per heavy atom. The van der Waals surface area contributed by atoms with Crippen LogP contribution in [-0.2, 0) is 6.54 Å². The number of pyridine rings is 1. The summed E-state index contributed by atoms with van der Waals surface area (Å²) in [5, 5.41) is 0. The van der Waals surface area contributed by atoms with Crippen molar-refractivity contribution in [3.63, 3.8) is 0 Å². The molecule has 2 N–H and O–H groups in total. The van der Waals surface area contributed by atoms with Crippen LogP contribution in [0.4, 0.5) is 5.69 Å². The number of benzene rings is 1. The van der Waals surface area contributed by atoms with Crippen LogP contribution in [0.1, 0.15) is 13.3 Å². The number of halogens is 1. The zero-order valence-electron chi connectivity index (χ0n) is 11.2. The van der Waals surface area contributed by atoms with E-state index in [-0.39, 0.29) is 0 Å². The number of nitrogens with two attached hydrogens (primary N) is 1. The molecular formula is C15H15BrN4. The highest BCUT2D eigenvalue weighted by Crippen LogP contribution is 2.28. The number of hydrogen-bond donors (Lipinski definition) is 1. The summed E-state index contributed by atoms with van der Waals surface area (Å²) in [4.78, 5) is 9.10. The van der Waals surface area contributed by atoms with Crippen molar-refractivity contribution >= 4 is 32.7 Å². The van der Waals surface area contributed by atoms with Crippen LogP contribution in [0.5, 0.6) is 0 Å². The molecule has 3 rings (SSSR count). The molecule has 102 valence electrons. The lowest BCUT2D eigenvalue weighted by atomic mass is 10.3. The van der Waals surface area contributed by atoms with E-state index in [9.17, 15) is 0 Å². The fourth-order valence-electron chi connectivity index (χ4n) is 2.34. The van der Waals surface area contributed by atoms with Crippen molar-refractivity contribution < 1.29 is 0 Å². The van der Waals surface area contributed by atoms with E-state index in [1.54, 1.807) is 6.20 Å². The monoisotopic (exact) mass is 330 g/mol. The third kappa shape index (κ3) is 2.18. The SMILES string of the molecule is CCCn1c(-c2ncccc2N)nc2cc(Br)ccc21. The molecule has 0 amide bonds. The van der Waals surface area contributed by atoms with Gasteiger partial charge in [-0.1, -0.05) is 22.9 Å². The van der Waals surface area contributed by atoms with Crippen LogP contribution < -0.4 is 5.73 Å². The number of imidazole rings is 1. The van der Waals surface area contributed by atoms with Crippen LogP contribution in [0.2, 0.25) is 0 Å². The summed E-state index contributed by atoms with van der Waals surface area (Å²) < 4.78 is 3.20. The maximum Gasteiger partial charge on any atom is 0.161 e. The standard InChI is InChI=1S/C15H15BrN4/c1-2-8-20-13-6-5-10(16)9-12(13)19-15(20)14-11(17)4-3-7-18-14/h3-7,9H,2,8,17H2,1H3. The van der Waals surface area contributed by atoms with Crippen molar-refractivity contribution in [1.82, 2.24) is 14.5 Å². The molecule has 20 heavy (non-hydrogen) atoms. The quantitative estimate of drug-likeness (QED) is 0.793. The van der Waals surface area contributed by atoms with Crippen LogP contribution >= 0.6 is 15.9 Å². The first-order chi connectivity index (χ1) is 9.70. The fraction of sp³-hybridized carbons (Fsp3) is 0.200. The van der Waals surface area contributed by atoms with Gasteiger partial charge in [-0.15, -0.1) is 0 Å². The largest absolute Gasteiger partial charge is 0.397 e. The summed E-state index contributed by atoms with van der Waals surface area (Å²) in [5.41, 5.74) is 9.50. The molecule has 5 heteroatoms. The van der Waals surface area contributed by atoms with Gasteiger partial charge in [0.15, 0.2) is 5.82 Å². The van der Waals surface area contributed by atoms with Crippen LogP contribution in [-0.4, -0.2) is 14.5 Å². The number of anilines is 1. The second-order valence-electron chi connectivity index (χ2n) is 4.66. The van der Waals surface area contributed by atoms with E-state index in [1.807, 2.05) is 24.3 Å². The molecule has 0 bridgehead atoms. The normalized spacial score (nSPS) is 11.1. The second kappa shape index (κ2) is 5.25. The predicted octanol–water partition coefficient (Wildman–Crippen LogP) is 3.85. The molecule has 0 saturated heterocycles. The van der Waals surface area contributed by atoms with Gasteiger partial charge < -0.3 is 10.3 Å². The minimum absolute atomic E-state index is 0.652. The van der Waals surface area contributed by atoms with Crippen molar-refractivity contribution in [3.8, 4) is 11.5 Å². The van der Waals surface area contributed by atoms with Crippen LogP contribution in [0.3, 0.4) is 0 Å². The zero-order valence-corrected chi connectivity index (χ0v) is 12.8. The molecule has 4 nitrogen and oxygen atoms in total. The van der Waals surface area contributed by atoms with E-state index in [1.165, 1.54) is 0 Å². The van der Waals surface area contributed by atoms with E-state index in [2.05, 4.69) is 38.5 Å². The maximum atomic E-state index is 6.04. The highest BCUT2D eigenvalue weighted by Gasteiger charge is 2.15. The highest BCUT2D eigenvalue weighted by molar-refractivity contribution is 9.10. The van der Waals surface area contributed by atoms with Gasteiger partial charge in [-0.25, -0.2) is 4.98 Å². The van der Waals surface area contributed by atoms with Crippen LogP contribution in [0.15, 0.2) is 41.0 Å². The molecule has 0 spiro atoms. The van der Waals surface area contributed by atoms with Crippen molar-refractivity contribution in [2.24, 2.45) is 0 Å². The number of nitrogen functional groups attached to an aromatic ring is 1. The molecule has 0 aliphatic rings. The lowest BCUT2D eigenvalue weighted by Crippen LogP contribution is -2.03. The Labute approximate surface area is 125 Å². The van der Waals surface area contributed by atoms with E-state index in [0.29, 0.717) is 5.69 Å². The molecule has 0 aliphatic heterocycles. The Kier molecular flexibility index (Phi) is 3.44. The molecule has 0 fully saturated rings. The van der Waals surface area contributed by atoms with Gasteiger partial charge in [0.25, 0.3) is 0 Å². The van der Waals surface area contributed by atoms with Gasteiger partial charge in [-0.2, -0.15) is 0 Å². The topological polar surface area (TPSA) is 56.7 Å². The third-order valence-corrected chi connectivity index (χ3v) is 3.70.